The molecule has 0 N–H and O–H groups in total. The van der Waals surface area contributed by atoms with Crippen LogP contribution in [0.4, 0.5) is 8.78 Å². The van der Waals surface area contributed by atoms with E-state index in [9.17, 15) is 13.6 Å². The van der Waals surface area contributed by atoms with E-state index in [4.69, 9.17) is 0 Å². The lowest BCUT2D eigenvalue weighted by molar-refractivity contribution is 0.0546. The Bertz CT molecular complexity index is 741. The van der Waals surface area contributed by atoms with Gasteiger partial charge in [-0.05, 0) is 33.0 Å². The Hall–Kier alpha value is -2.29. The first-order valence-corrected chi connectivity index (χ1v) is 8.74. The van der Waals surface area contributed by atoms with Gasteiger partial charge in [-0.25, -0.2) is 9.67 Å². The topological polar surface area (TPSA) is 59.2 Å². The minimum Gasteiger partial charge on any atom is -0.337 e. The Labute approximate surface area is 151 Å². The fourth-order valence-corrected chi connectivity index (χ4v) is 3.27. The molecule has 142 valence electrons. The van der Waals surface area contributed by atoms with Crippen molar-refractivity contribution in [3.05, 3.63) is 36.2 Å². The third kappa shape index (κ3) is 4.09. The van der Waals surface area contributed by atoms with Gasteiger partial charge in [0.05, 0.1) is 0 Å². The van der Waals surface area contributed by atoms with Crippen molar-refractivity contribution in [2.24, 2.45) is 0 Å². The molecule has 2 aromatic heterocycles. The Morgan fingerprint density at radius 3 is 2.88 bits per heavy atom. The summed E-state index contributed by atoms with van der Waals surface area (Å²) in [6, 6.07) is 1.34. The van der Waals surface area contributed by atoms with E-state index in [0.29, 0.717) is 17.8 Å². The second kappa shape index (κ2) is 7.94. The maximum absolute atomic E-state index is 12.7. The number of hydrogen-bond acceptors (Lipinski definition) is 4. The molecule has 0 spiro atoms. The van der Waals surface area contributed by atoms with Crippen LogP contribution in [0.3, 0.4) is 0 Å². The number of amides is 1. The van der Waals surface area contributed by atoms with E-state index in [1.54, 1.807) is 11.1 Å². The summed E-state index contributed by atoms with van der Waals surface area (Å²) in [5, 5.41) is 3.69. The highest BCUT2D eigenvalue weighted by atomic mass is 19.3. The summed E-state index contributed by atoms with van der Waals surface area (Å²) in [4.78, 5) is 20.9. The molecule has 2 aromatic rings. The summed E-state index contributed by atoms with van der Waals surface area (Å²) in [6.07, 6.45) is 6.69. The zero-order valence-electron chi connectivity index (χ0n) is 15.1. The zero-order chi connectivity index (χ0) is 18.7. The molecule has 3 rings (SSSR count). The molecule has 1 amide bonds. The normalized spacial score (nSPS) is 18.1. The molecule has 3 heterocycles. The highest BCUT2D eigenvalue weighted by Gasteiger charge is 2.29. The van der Waals surface area contributed by atoms with Gasteiger partial charge in [0.1, 0.15) is 5.82 Å². The third-order valence-corrected chi connectivity index (χ3v) is 4.64. The van der Waals surface area contributed by atoms with Gasteiger partial charge in [-0.1, -0.05) is 0 Å². The molecule has 0 aromatic carbocycles. The SMILES string of the molecule is CN(C)CCn1ccnc1C1CCCN(C(=O)c2ccn(C(F)F)n2)C1. The summed E-state index contributed by atoms with van der Waals surface area (Å²) in [6.45, 7) is 0.138. The fraction of sp³-hybridized carbons (Fsp3) is 0.588. The molecular weight excluding hydrogens is 342 g/mol. The van der Waals surface area contributed by atoms with Gasteiger partial charge in [-0.3, -0.25) is 4.79 Å². The average Bonchev–Trinajstić information content (AvgIpc) is 3.29. The summed E-state index contributed by atoms with van der Waals surface area (Å²) < 4.78 is 28.0. The van der Waals surface area contributed by atoms with E-state index in [2.05, 4.69) is 19.5 Å². The predicted octanol–water partition coefficient (Wildman–Crippen LogP) is 2.06. The number of nitrogens with zero attached hydrogens (tertiary/aromatic N) is 6. The summed E-state index contributed by atoms with van der Waals surface area (Å²) >= 11 is 0. The number of alkyl halides is 2. The van der Waals surface area contributed by atoms with Gasteiger partial charge in [0.15, 0.2) is 5.69 Å². The lowest BCUT2D eigenvalue weighted by Gasteiger charge is -2.32. The van der Waals surface area contributed by atoms with E-state index in [-0.39, 0.29) is 17.5 Å². The molecule has 1 atom stereocenters. The number of hydrogen-bond donors (Lipinski definition) is 0. The standard InChI is InChI=1S/C17H24F2N6O/c1-22(2)10-11-23-9-6-20-15(23)13-4-3-7-24(12-13)16(26)14-5-8-25(21-14)17(18)19/h5-6,8-9,13,17H,3-4,7,10-12H2,1-2H3. The first-order valence-electron chi connectivity index (χ1n) is 8.74. The van der Waals surface area contributed by atoms with Crippen LogP contribution in [0.15, 0.2) is 24.7 Å². The van der Waals surface area contributed by atoms with Crippen LogP contribution in [0, 0.1) is 0 Å². The molecule has 0 bridgehead atoms. The molecule has 0 aliphatic carbocycles. The van der Waals surface area contributed by atoms with Crippen molar-refractivity contribution in [3.8, 4) is 0 Å². The highest BCUT2D eigenvalue weighted by molar-refractivity contribution is 5.92. The van der Waals surface area contributed by atoms with Gasteiger partial charge >= 0.3 is 6.55 Å². The summed E-state index contributed by atoms with van der Waals surface area (Å²) in [7, 11) is 4.05. The monoisotopic (exact) mass is 366 g/mol. The number of piperidine rings is 1. The molecule has 9 heteroatoms. The van der Waals surface area contributed by atoms with Crippen molar-refractivity contribution in [2.45, 2.75) is 31.9 Å². The van der Waals surface area contributed by atoms with Crippen LogP contribution in [0.2, 0.25) is 0 Å². The van der Waals surface area contributed by atoms with Gasteiger partial charge in [0, 0.05) is 50.7 Å². The van der Waals surface area contributed by atoms with Crippen molar-refractivity contribution in [3.63, 3.8) is 0 Å². The second-order valence-corrected chi connectivity index (χ2v) is 6.83. The van der Waals surface area contributed by atoms with Gasteiger partial charge < -0.3 is 14.4 Å². The van der Waals surface area contributed by atoms with Crippen LogP contribution < -0.4 is 0 Å². The number of imidazole rings is 1. The Morgan fingerprint density at radius 2 is 2.19 bits per heavy atom. The fourth-order valence-electron chi connectivity index (χ4n) is 3.27. The molecule has 1 aliphatic rings. The number of halogens is 2. The predicted molar refractivity (Wildman–Crippen MR) is 92.1 cm³/mol. The van der Waals surface area contributed by atoms with E-state index in [1.807, 2.05) is 20.3 Å². The van der Waals surface area contributed by atoms with Crippen molar-refractivity contribution in [2.75, 3.05) is 33.7 Å². The van der Waals surface area contributed by atoms with Crippen LogP contribution >= 0.6 is 0 Å². The summed E-state index contributed by atoms with van der Waals surface area (Å²) in [5.41, 5.74) is 0.0573. The number of aromatic nitrogens is 4. The first kappa shape index (κ1) is 18.5. The Morgan fingerprint density at radius 1 is 1.38 bits per heavy atom. The maximum atomic E-state index is 12.7. The second-order valence-electron chi connectivity index (χ2n) is 6.83. The third-order valence-electron chi connectivity index (χ3n) is 4.64. The lowest BCUT2D eigenvalue weighted by atomic mass is 9.97. The summed E-state index contributed by atoms with van der Waals surface area (Å²) in [5.74, 6) is 0.810. The smallest absolute Gasteiger partial charge is 0.333 e. The molecule has 1 fully saturated rings. The van der Waals surface area contributed by atoms with Gasteiger partial charge in [-0.2, -0.15) is 13.9 Å². The van der Waals surface area contributed by atoms with Crippen LogP contribution in [0.1, 0.15) is 41.6 Å². The van der Waals surface area contributed by atoms with E-state index < -0.39 is 6.55 Å². The van der Waals surface area contributed by atoms with Crippen LogP contribution in [-0.2, 0) is 6.54 Å². The zero-order valence-corrected chi connectivity index (χ0v) is 15.1. The van der Waals surface area contributed by atoms with E-state index in [0.717, 1.165) is 38.0 Å². The number of carbonyl (C=O) groups is 1. The van der Waals surface area contributed by atoms with Crippen molar-refractivity contribution >= 4 is 5.91 Å². The maximum Gasteiger partial charge on any atom is 0.333 e. The number of carbonyl (C=O) groups excluding carboxylic acids is 1. The minimum absolute atomic E-state index is 0.0573. The quantitative estimate of drug-likeness (QED) is 0.785. The lowest BCUT2D eigenvalue weighted by Crippen LogP contribution is -2.40. The largest absolute Gasteiger partial charge is 0.337 e. The molecule has 1 unspecified atom stereocenters. The van der Waals surface area contributed by atoms with E-state index in [1.165, 1.54) is 6.07 Å². The Kier molecular flexibility index (Phi) is 5.65. The van der Waals surface area contributed by atoms with Gasteiger partial charge in [0.25, 0.3) is 5.91 Å². The van der Waals surface area contributed by atoms with E-state index >= 15 is 0 Å². The molecule has 1 aliphatic heterocycles. The number of likely N-dealkylation sites (tertiary alicyclic amines) is 1. The molecule has 0 radical (unpaired) electrons. The van der Waals surface area contributed by atoms with Gasteiger partial charge in [0.2, 0.25) is 0 Å². The van der Waals surface area contributed by atoms with Crippen molar-refractivity contribution in [1.82, 2.24) is 29.1 Å². The van der Waals surface area contributed by atoms with Gasteiger partial charge in [-0.15, -0.1) is 0 Å². The highest BCUT2D eigenvalue weighted by Crippen LogP contribution is 2.27. The number of rotatable bonds is 6. The van der Waals surface area contributed by atoms with Crippen LogP contribution in [-0.4, -0.2) is 68.8 Å². The molecular formula is C17H24F2N6O. The van der Waals surface area contributed by atoms with Crippen LogP contribution in [0.25, 0.3) is 0 Å². The van der Waals surface area contributed by atoms with Crippen LogP contribution in [0.5, 0.6) is 0 Å². The Balaban J connectivity index is 1.69. The average molecular weight is 366 g/mol. The molecule has 7 nitrogen and oxygen atoms in total. The van der Waals surface area contributed by atoms with Crippen molar-refractivity contribution in [1.29, 1.82) is 0 Å². The molecule has 0 saturated carbocycles. The molecule has 1 saturated heterocycles. The number of likely N-dealkylation sites (N-methyl/N-ethyl adjacent to an activating group) is 1. The molecule has 26 heavy (non-hydrogen) atoms. The minimum atomic E-state index is -2.74. The van der Waals surface area contributed by atoms with Crippen molar-refractivity contribution < 1.29 is 13.6 Å². The first-order chi connectivity index (χ1) is 12.5.